The van der Waals surface area contributed by atoms with Crippen LogP contribution in [0.15, 0.2) is 30.3 Å². The molecule has 0 spiro atoms. The van der Waals surface area contributed by atoms with E-state index >= 15 is 0 Å². The molecule has 1 heterocycles. The minimum Gasteiger partial charge on any atom is -0.493 e. The normalized spacial score (nSPS) is 14.3. The maximum atomic E-state index is 5.72. The Labute approximate surface area is 119 Å². The third kappa shape index (κ3) is 3.32. The molecule has 1 aromatic carbocycles. The van der Waals surface area contributed by atoms with Crippen molar-refractivity contribution in [1.29, 1.82) is 0 Å². The van der Waals surface area contributed by atoms with Gasteiger partial charge in [0.05, 0.1) is 6.61 Å². The Bertz CT molecular complexity index is 551. The minimum atomic E-state index is 0.490. The number of ether oxygens (including phenoxy) is 2. The van der Waals surface area contributed by atoms with Crippen LogP contribution >= 0.6 is 0 Å². The molecule has 1 aliphatic rings. The lowest BCUT2D eigenvalue weighted by Crippen LogP contribution is -2.00. The van der Waals surface area contributed by atoms with E-state index in [9.17, 15) is 0 Å². The summed E-state index contributed by atoms with van der Waals surface area (Å²) in [6.07, 6.45) is 2.62. The van der Waals surface area contributed by atoms with E-state index in [0.717, 1.165) is 35.4 Å². The van der Waals surface area contributed by atoms with Crippen molar-refractivity contribution in [2.24, 2.45) is 13.0 Å². The third-order valence-electron chi connectivity index (χ3n) is 3.56. The summed E-state index contributed by atoms with van der Waals surface area (Å²) in [6.45, 7) is 3.36. The van der Waals surface area contributed by atoms with Gasteiger partial charge in [0.2, 0.25) is 0 Å². The van der Waals surface area contributed by atoms with Gasteiger partial charge in [-0.1, -0.05) is 0 Å². The van der Waals surface area contributed by atoms with Crippen LogP contribution in [0.2, 0.25) is 0 Å². The van der Waals surface area contributed by atoms with Crippen molar-refractivity contribution >= 4 is 0 Å². The fourth-order valence-corrected chi connectivity index (χ4v) is 1.99. The minimum absolute atomic E-state index is 0.490. The molecule has 0 aliphatic heterocycles. The average Bonchev–Trinajstić information content (AvgIpc) is 3.22. The van der Waals surface area contributed by atoms with E-state index in [1.165, 1.54) is 12.8 Å². The fourth-order valence-electron chi connectivity index (χ4n) is 1.99. The van der Waals surface area contributed by atoms with Crippen LogP contribution in [-0.4, -0.2) is 16.4 Å². The van der Waals surface area contributed by atoms with Crippen molar-refractivity contribution < 1.29 is 9.47 Å². The van der Waals surface area contributed by atoms with Gasteiger partial charge in [0, 0.05) is 12.7 Å². The van der Waals surface area contributed by atoms with E-state index in [1.807, 2.05) is 49.0 Å². The smallest absolute Gasteiger partial charge is 0.132 e. The second kappa shape index (κ2) is 5.57. The quantitative estimate of drug-likeness (QED) is 0.810. The summed E-state index contributed by atoms with van der Waals surface area (Å²) in [5, 5.41) is 4.37. The van der Waals surface area contributed by atoms with Crippen LogP contribution in [0, 0.1) is 12.8 Å². The molecule has 1 fully saturated rings. The Kier molecular flexibility index (Phi) is 3.63. The van der Waals surface area contributed by atoms with E-state index in [2.05, 4.69) is 5.10 Å². The molecule has 1 aliphatic carbocycles. The van der Waals surface area contributed by atoms with E-state index in [-0.39, 0.29) is 0 Å². The molecule has 106 valence electrons. The number of benzene rings is 1. The fraction of sp³-hybridized carbons (Fsp3) is 0.438. The summed E-state index contributed by atoms with van der Waals surface area (Å²) >= 11 is 0. The number of hydrogen-bond acceptors (Lipinski definition) is 3. The first kappa shape index (κ1) is 13.0. The maximum Gasteiger partial charge on any atom is 0.132 e. The zero-order valence-electron chi connectivity index (χ0n) is 12.0. The van der Waals surface area contributed by atoms with Crippen LogP contribution in [-0.2, 0) is 13.7 Å². The number of rotatable bonds is 6. The molecule has 1 aromatic heterocycles. The summed E-state index contributed by atoms with van der Waals surface area (Å²) < 4.78 is 13.3. The highest BCUT2D eigenvalue weighted by molar-refractivity contribution is 5.31. The highest BCUT2D eigenvalue weighted by Crippen LogP contribution is 2.29. The standard InChI is InChI=1S/C16H20N2O2/c1-12-9-14(17-18(12)2)11-20-16-7-5-15(6-8-16)19-10-13-3-4-13/h5-9,13H,3-4,10-11H2,1-2H3. The monoisotopic (exact) mass is 272 g/mol. The van der Waals surface area contributed by atoms with Gasteiger partial charge >= 0.3 is 0 Å². The molecule has 0 radical (unpaired) electrons. The molecule has 0 bridgehead atoms. The van der Waals surface area contributed by atoms with Gasteiger partial charge in [-0.2, -0.15) is 5.10 Å². The van der Waals surface area contributed by atoms with Crippen molar-refractivity contribution in [3.63, 3.8) is 0 Å². The largest absolute Gasteiger partial charge is 0.493 e. The molecule has 1 saturated carbocycles. The molecule has 0 saturated heterocycles. The predicted octanol–water partition coefficient (Wildman–Crippen LogP) is 3.10. The SMILES string of the molecule is Cc1cc(COc2ccc(OCC3CC3)cc2)nn1C. The summed E-state index contributed by atoms with van der Waals surface area (Å²) in [5.74, 6) is 2.53. The van der Waals surface area contributed by atoms with Crippen molar-refractivity contribution in [2.45, 2.75) is 26.4 Å². The van der Waals surface area contributed by atoms with Gasteiger partial charge in [0.1, 0.15) is 23.8 Å². The molecule has 0 amide bonds. The van der Waals surface area contributed by atoms with Gasteiger partial charge in [-0.05, 0) is 56.0 Å². The Morgan fingerprint density at radius 1 is 1.15 bits per heavy atom. The number of aromatic nitrogens is 2. The first-order chi connectivity index (χ1) is 9.70. The summed E-state index contributed by atoms with van der Waals surface area (Å²) in [6, 6.07) is 9.84. The third-order valence-corrected chi connectivity index (χ3v) is 3.56. The van der Waals surface area contributed by atoms with Gasteiger partial charge in [-0.3, -0.25) is 4.68 Å². The van der Waals surface area contributed by atoms with Gasteiger partial charge in [0.15, 0.2) is 0 Å². The highest BCUT2D eigenvalue weighted by Gasteiger charge is 2.21. The topological polar surface area (TPSA) is 36.3 Å². The van der Waals surface area contributed by atoms with Crippen LogP contribution in [0.5, 0.6) is 11.5 Å². The lowest BCUT2D eigenvalue weighted by Gasteiger charge is -2.07. The molecule has 2 aromatic rings. The Balaban J connectivity index is 1.51. The molecule has 20 heavy (non-hydrogen) atoms. The van der Waals surface area contributed by atoms with Gasteiger partial charge in [-0.15, -0.1) is 0 Å². The van der Waals surface area contributed by atoms with Gasteiger partial charge < -0.3 is 9.47 Å². The molecular weight excluding hydrogens is 252 g/mol. The molecule has 4 heteroatoms. The summed E-state index contributed by atoms with van der Waals surface area (Å²) in [7, 11) is 1.94. The zero-order valence-corrected chi connectivity index (χ0v) is 12.0. The van der Waals surface area contributed by atoms with E-state index in [1.54, 1.807) is 0 Å². The first-order valence-electron chi connectivity index (χ1n) is 7.06. The second-order valence-corrected chi connectivity index (χ2v) is 5.42. The molecule has 0 unspecified atom stereocenters. The Morgan fingerprint density at radius 2 is 1.80 bits per heavy atom. The van der Waals surface area contributed by atoms with Crippen LogP contribution in [0.3, 0.4) is 0 Å². The maximum absolute atomic E-state index is 5.72. The lowest BCUT2D eigenvalue weighted by molar-refractivity contribution is 0.291. The zero-order chi connectivity index (χ0) is 13.9. The van der Waals surface area contributed by atoms with Crippen LogP contribution in [0.4, 0.5) is 0 Å². The number of nitrogens with zero attached hydrogens (tertiary/aromatic N) is 2. The van der Waals surface area contributed by atoms with Crippen molar-refractivity contribution in [3.8, 4) is 11.5 Å². The van der Waals surface area contributed by atoms with E-state index < -0.39 is 0 Å². The van der Waals surface area contributed by atoms with Crippen molar-refractivity contribution in [3.05, 3.63) is 41.7 Å². The van der Waals surface area contributed by atoms with Crippen LogP contribution < -0.4 is 9.47 Å². The lowest BCUT2D eigenvalue weighted by atomic mass is 10.3. The Morgan fingerprint density at radius 3 is 2.35 bits per heavy atom. The first-order valence-corrected chi connectivity index (χ1v) is 7.06. The summed E-state index contributed by atoms with van der Waals surface area (Å²) in [4.78, 5) is 0. The molecule has 0 N–H and O–H groups in total. The van der Waals surface area contributed by atoms with Crippen molar-refractivity contribution in [2.75, 3.05) is 6.61 Å². The number of hydrogen-bond donors (Lipinski definition) is 0. The summed E-state index contributed by atoms with van der Waals surface area (Å²) in [5.41, 5.74) is 2.08. The molecule has 0 atom stereocenters. The van der Waals surface area contributed by atoms with Crippen LogP contribution in [0.1, 0.15) is 24.2 Å². The van der Waals surface area contributed by atoms with Crippen LogP contribution in [0.25, 0.3) is 0 Å². The van der Waals surface area contributed by atoms with Crippen molar-refractivity contribution in [1.82, 2.24) is 9.78 Å². The predicted molar refractivity (Wildman–Crippen MR) is 76.9 cm³/mol. The highest BCUT2D eigenvalue weighted by atomic mass is 16.5. The van der Waals surface area contributed by atoms with Gasteiger partial charge in [-0.25, -0.2) is 0 Å². The van der Waals surface area contributed by atoms with E-state index in [4.69, 9.17) is 9.47 Å². The van der Waals surface area contributed by atoms with Gasteiger partial charge in [0.25, 0.3) is 0 Å². The molecule has 3 rings (SSSR count). The average molecular weight is 272 g/mol. The van der Waals surface area contributed by atoms with E-state index in [0.29, 0.717) is 6.61 Å². The molecular formula is C16H20N2O2. The molecule has 4 nitrogen and oxygen atoms in total. The Hall–Kier alpha value is -1.97. The second-order valence-electron chi connectivity index (χ2n) is 5.42. The number of aryl methyl sites for hydroxylation is 2.